The number of carbonyl (C=O) groups excluding carboxylic acids is 2. The van der Waals surface area contributed by atoms with E-state index in [9.17, 15) is 9.59 Å². The van der Waals surface area contributed by atoms with E-state index in [-0.39, 0.29) is 24.1 Å². The molecule has 3 aromatic rings. The molecule has 0 saturated heterocycles. The Morgan fingerprint density at radius 3 is 2.33 bits per heavy atom. The third kappa shape index (κ3) is 3.67. The highest BCUT2D eigenvalue weighted by Crippen LogP contribution is 2.32. The first-order valence-electron chi connectivity index (χ1n) is 9.56. The molecule has 0 aliphatic carbocycles. The number of hydrogen-bond donors (Lipinski definition) is 1. The van der Waals surface area contributed by atoms with Gasteiger partial charge < -0.3 is 10.1 Å². The van der Waals surface area contributed by atoms with Gasteiger partial charge in [0.05, 0.1) is 24.9 Å². The number of ether oxygens (including phenoxy) is 1. The maximum atomic E-state index is 13.3. The van der Waals surface area contributed by atoms with Gasteiger partial charge in [-0.3, -0.25) is 19.5 Å². The second-order valence-electron chi connectivity index (χ2n) is 6.94. The molecule has 0 atom stereocenters. The number of benzene rings is 2. The third-order valence-corrected chi connectivity index (χ3v) is 5.00. The average molecular weight is 399 g/mol. The van der Waals surface area contributed by atoms with Crippen LogP contribution in [0.25, 0.3) is 5.57 Å². The summed E-state index contributed by atoms with van der Waals surface area (Å²) in [6, 6.07) is 20.2. The van der Waals surface area contributed by atoms with Crippen LogP contribution in [-0.2, 0) is 16.1 Å². The Kier molecular flexibility index (Phi) is 5.30. The molecule has 2 aromatic carbocycles. The van der Waals surface area contributed by atoms with E-state index in [1.54, 1.807) is 49.7 Å². The fraction of sp³-hybridized carbons (Fsp3) is 0.125. The smallest absolute Gasteiger partial charge is 0.278 e. The van der Waals surface area contributed by atoms with Crippen molar-refractivity contribution >= 4 is 23.1 Å². The van der Waals surface area contributed by atoms with Gasteiger partial charge in [0.2, 0.25) is 0 Å². The van der Waals surface area contributed by atoms with Crippen molar-refractivity contribution in [2.75, 3.05) is 12.4 Å². The number of amides is 2. The van der Waals surface area contributed by atoms with Crippen LogP contribution in [0, 0.1) is 6.92 Å². The van der Waals surface area contributed by atoms with Crippen molar-refractivity contribution in [2.45, 2.75) is 13.5 Å². The lowest BCUT2D eigenvalue weighted by Crippen LogP contribution is -2.32. The van der Waals surface area contributed by atoms with E-state index in [0.29, 0.717) is 22.6 Å². The number of rotatable bonds is 6. The Balaban J connectivity index is 1.76. The number of aromatic nitrogens is 1. The summed E-state index contributed by atoms with van der Waals surface area (Å²) in [5.74, 6) is -0.0542. The van der Waals surface area contributed by atoms with Crippen LogP contribution in [0.2, 0.25) is 0 Å². The number of carbonyl (C=O) groups is 2. The zero-order valence-electron chi connectivity index (χ0n) is 16.8. The first-order chi connectivity index (χ1) is 14.6. The van der Waals surface area contributed by atoms with Crippen LogP contribution in [0.5, 0.6) is 5.75 Å². The van der Waals surface area contributed by atoms with Gasteiger partial charge in [-0.25, -0.2) is 0 Å². The maximum absolute atomic E-state index is 13.3. The van der Waals surface area contributed by atoms with E-state index in [0.717, 1.165) is 11.3 Å². The minimum atomic E-state index is -0.375. The fourth-order valence-electron chi connectivity index (χ4n) is 3.36. The quantitative estimate of drug-likeness (QED) is 0.639. The SMILES string of the molecule is COc1ccc(C2=C(Nc3ccccc3C)C(=O)N(Cc3ccccn3)C2=O)cc1. The van der Waals surface area contributed by atoms with Gasteiger partial charge in [0, 0.05) is 11.9 Å². The number of methoxy groups -OCH3 is 1. The van der Waals surface area contributed by atoms with Crippen molar-refractivity contribution in [1.82, 2.24) is 9.88 Å². The molecule has 2 amide bonds. The summed E-state index contributed by atoms with van der Waals surface area (Å²) in [4.78, 5) is 32.1. The van der Waals surface area contributed by atoms with Gasteiger partial charge in [-0.15, -0.1) is 0 Å². The summed E-state index contributed by atoms with van der Waals surface area (Å²) in [6.45, 7) is 2.06. The van der Waals surface area contributed by atoms with Crippen LogP contribution in [0.4, 0.5) is 5.69 Å². The Morgan fingerprint density at radius 2 is 1.67 bits per heavy atom. The van der Waals surface area contributed by atoms with Crippen molar-refractivity contribution in [2.24, 2.45) is 0 Å². The Hall–Kier alpha value is -3.93. The lowest BCUT2D eigenvalue weighted by atomic mass is 10.0. The first kappa shape index (κ1) is 19.4. The van der Waals surface area contributed by atoms with E-state index in [2.05, 4.69) is 10.3 Å². The molecule has 6 heteroatoms. The number of hydrogen-bond acceptors (Lipinski definition) is 5. The van der Waals surface area contributed by atoms with Crippen LogP contribution >= 0.6 is 0 Å². The Morgan fingerprint density at radius 1 is 0.933 bits per heavy atom. The summed E-state index contributed by atoms with van der Waals surface area (Å²) in [5.41, 5.74) is 3.64. The first-order valence-corrected chi connectivity index (χ1v) is 9.56. The van der Waals surface area contributed by atoms with Gasteiger partial charge in [-0.1, -0.05) is 36.4 Å². The number of anilines is 1. The number of pyridine rings is 1. The van der Waals surface area contributed by atoms with Crippen molar-refractivity contribution in [3.63, 3.8) is 0 Å². The minimum absolute atomic E-state index is 0.108. The number of aryl methyl sites for hydroxylation is 1. The highest BCUT2D eigenvalue weighted by molar-refractivity contribution is 6.36. The molecule has 2 heterocycles. The highest BCUT2D eigenvalue weighted by atomic mass is 16.5. The standard InChI is InChI=1S/C24H21N3O3/c1-16-7-3-4-9-20(16)26-22-21(17-10-12-19(30-2)13-11-17)23(28)27(24(22)29)15-18-8-5-6-14-25-18/h3-14,26H,15H2,1-2H3. The average Bonchev–Trinajstić information content (AvgIpc) is 3.00. The fourth-order valence-corrected chi connectivity index (χ4v) is 3.36. The molecule has 0 bridgehead atoms. The van der Waals surface area contributed by atoms with Gasteiger partial charge in [-0.2, -0.15) is 0 Å². The second-order valence-corrected chi connectivity index (χ2v) is 6.94. The molecule has 0 unspecified atom stereocenters. The lowest BCUT2D eigenvalue weighted by molar-refractivity contribution is -0.137. The number of nitrogens with one attached hydrogen (secondary N) is 1. The molecule has 0 saturated carbocycles. The van der Waals surface area contributed by atoms with Crippen LogP contribution < -0.4 is 10.1 Å². The van der Waals surface area contributed by atoms with E-state index < -0.39 is 0 Å². The highest BCUT2D eigenvalue weighted by Gasteiger charge is 2.39. The zero-order chi connectivity index (χ0) is 21.1. The Labute approximate surface area is 174 Å². The van der Waals surface area contributed by atoms with Crippen molar-refractivity contribution in [3.05, 3.63) is 95.4 Å². The molecular weight excluding hydrogens is 378 g/mol. The molecule has 0 radical (unpaired) electrons. The number of imide groups is 1. The molecule has 30 heavy (non-hydrogen) atoms. The summed E-state index contributed by atoms with van der Waals surface area (Å²) in [7, 11) is 1.58. The van der Waals surface area contributed by atoms with Crippen LogP contribution in [0.15, 0.2) is 78.6 Å². The van der Waals surface area contributed by atoms with Gasteiger partial charge in [-0.05, 0) is 48.4 Å². The third-order valence-electron chi connectivity index (χ3n) is 5.00. The summed E-state index contributed by atoms with van der Waals surface area (Å²) in [5, 5.41) is 3.20. The summed E-state index contributed by atoms with van der Waals surface area (Å²) in [6.07, 6.45) is 1.64. The van der Waals surface area contributed by atoms with Crippen molar-refractivity contribution in [3.8, 4) is 5.75 Å². The molecule has 1 aromatic heterocycles. The van der Waals surface area contributed by atoms with Gasteiger partial charge in [0.1, 0.15) is 11.4 Å². The molecular formula is C24H21N3O3. The lowest BCUT2D eigenvalue weighted by Gasteiger charge is -2.15. The maximum Gasteiger partial charge on any atom is 0.278 e. The number of para-hydroxylation sites is 1. The van der Waals surface area contributed by atoms with Crippen LogP contribution in [0.1, 0.15) is 16.8 Å². The monoisotopic (exact) mass is 399 g/mol. The zero-order valence-corrected chi connectivity index (χ0v) is 16.8. The largest absolute Gasteiger partial charge is 0.497 e. The van der Waals surface area contributed by atoms with Gasteiger partial charge in [0.15, 0.2) is 0 Å². The predicted molar refractivity (Wildman–Crippen MR) is 115 cm³/mol. The molecule has 4 rings (SSSR count). The topological polar surface area (TPSA) is 71.5 Å². The van der Waals surface area contributed by atoms with E-state index >= 15 is 0 Å². The van der Waals surface area contributed by atoms with E-state index in [1.807, 2.05) is 37.3 Å². The molecule has 150 valence electrons. The van der Waals surface area contributed by atoms with E-state index in [4.69, 9.17) is 4.74 Å². The number of nitrogens with zero attached hydrogens (tertiary/aromatic N) is 2. The second kappa shape index (κ2) is 8.21. The van der Waals surface area contributed by atoms with Crippen molar-refractivity contribution < 1.29 is 14.3 Å². The van der Waals surface area contributed by atoms with Gasteiger partial charge >= 0.3 is 0 Å². The van der Waals surface area contributed by atoms with Crippen LogP contribution in [-0.4, -0.2) is 28.8 Å². The Bertz CT molecular complexity index is 1120. The normalized spacial score (nSPS) is 13.7. The minimum Gasteiger partial charge on any atom is -0.497 e. The van der Waals surface area contributed by atoms with Gasteiger partial charge in [0.25, 0.3) is 11.8 Å². The van der Waals surface area contributed by atoms with Crippen LogP contribution in [0.3, 0.4) is 0 Å². The molecule has 6 nitrogen and oxygen atoms in total. The van der Waals surface area contributed by atoms with E-state index in [1.165, 1.54) is 4.90 Å². The molecule has 1 aliphatic rings. The molecule has 1 aliphatic heterocycles. The summed E-state index contributed by atoms with van der Waals surface area (Å²) >= 11 is 0. The summed E-state index contributed by atoms with van der Waals surface area (Å²) < 4.78 is 5.22. The molecule has 1 N–H and O–H groups in total. The molecule has 0 spiro atoms. The molecule has 0 fully saturated rings. The van der Waals surface area contributed by atoms with Crippen molar-refractivity contribution in [1.29, 1.82) is 0 Å². The predicted octanol–water partition coefficient (Wildman–Crippen LogP) is 3.79.